The Labute approximate surface area is 88.6 Å². The van der Waals surface area contributed by atoms with Gasteiger partial charge in [-0.15, -0.1) is 10.2 Å². The lowest BCUT2D eigenvalue weighted by molar-refractivity contribution is 0.108. The van der Waals surface area contributed by atoms with Gasteiger partial charge in [0.25, 0.3) is 5.88 Å². The third-order valence-corrected chi connectivity index (χ3v) is 1.66. The predicted octanol–water partition coefficient (Wildman–Crippen LogP) is -0.0688. The molecule has 1 atom stereocenters. The molecule has 0 spiro atoms. The van der Waals surface area contributed by atoms with Gasteiger partial charge in [0, 0.05) is 6.04 Å². The van der Waals surface area contributed by atoms with Crippen molar-refractivity contribution in [2.45, 2.75) is 19.6 Å². The molecule has 6 heteroatoms. The number of ether oxygens (including phenoxy) is 2. The molecule has 0 fully saturated rings. The first-order valence-electron chi connectivity index (χ1n) is 4.63. The molecule has 0 saturated heterocycles. The zero-order chi connectivity index (χ0) is 11.3. The largest absolute Gasteiger partial charge is 0.478 e. The second-order valence-corrected chi connectivity index (χ2v) is 3.29. The van der Waals surface area contributed by atoms with Gasteiger partial charge in [0.2, 0.25) is 0 Å². The molecule has 0 amide bonds. The van der Waals surface area contributed by atoms with Crippen molar-refractivity contribution in [2.75, 3.05) is 19.5 Å². The molecular formula is C9H16N4O2. The van der Waals surface area contributed by atoms with Crippen LogP contribution < -0.4 is 16.2 Å². The third-order valence-electron chi connectivity index (χ3n) is 1.66. The maximum Gasteiger partial charge on any atom is 0.256 e. The first kappa shape index (κ1) is 11.7. The van der Waals surface area contributed by atoms with Gasteiger partial charge in [-0.2, -0.15) is 0 Å². The van der Waals surface area contributed by atoms with Crippen LogP contribution in [-0.4, -0.2) is 30.0 Å². The minimum atomic E-state index is 0.00792. The summed E-state index contributed by atoms with van der Waals surface area (Å²) in [7, 11) is 1.49. The molecule has 1 aromatic rings. The minimum Gasteiger partial charge on any atom is -0.478 e. The highest BCUT2D eigenvalue weighted by Crippen LogP contribution is 2.16. The van der Waals surface area contributed by atoms with E-state index in [1.54, 1.807) is 6.07 Å². The van der Waals surface area contributed by atoms with Crippen LogP contribution >= 0.6 is 0 Å². The van der Waals surface area contributed by atoms with Gasteiger partial charge in [0.15, 0.2) is 0 Å². The van der Waals surface area contributed by atoms with Crippen molar-refractivity contribution in [2.24, 2.45) is 5.73 Å². The van der Waals surface area contributed by atoms with E-state index in [9.17, 15) is 0 Å². The molecule has 1 rings (SSSR count). The monoisotopic (exact) mass is 212 g/mol. The first-order valence-corrected chi connectivity index (χ1v) is 4.63. The summed E-state index contributed by atoms with van der Waals surface area (Å²) in [5, 5.41) is 7.67. The fraction of sp³-hybridized carbons (Fsp3) is 0.556. The Morgan fingerprint density at radius 1 is 1.47 bits per heavy atom. The Morgan fingerprint density at radius 2 is 2.20 bits per heavy atom. The second-order valence-electron chi connectivity index (χ2n) is 3.29. The van der Waals surface area contributed by atoms with Crippen molar-refractivity contribution < 1.29 is 9.47 Å². The number of methoxy groups -OCH3 is 1. The summed E-state index contributed by atoms with van der Waals surface area (Å²) in [5.74, 6) is 0.325. The van der Waals surface area contributed by atoms with Gasteiger partial charge < -0.3 is 20.9 Å². The van der Waals surface area contributed by atoms with Gasteiger partial charge >= 0.3 is 0 Å². The molecule has 15 heavy (non-hydrogen) atoms. The number of hydrogen-bond donors (Lipinski definition) is 2. The van der Waals surface area contributed by atoms with Gasteiger partial charge in [0.1, 0.15) is 0 Å². The lowest BCUT2D eigenvalue weighted by Gasteiger charge is -2.07. The molecule has 0 bridgehead atoms. The van der Waals surface area contributed by atoms with Crippen LogP contribution in [0.2, 0.25) is 0 Å². The van der Waals surface area contributed by atoms with Crippen molar-refractivity contribution in [3.63, 3.8) is 0 Å². The van der Waals surface area contributed by atoms with Crippen LogP contribution in [0.1, 0.15) is 12.6 Å². The average molecular weight is 212 g/mol. The topological polar surface area (TPSA) is 96.3 Å². The standard InChI is InChI=1S/C9H16N4O2/c1-6(10)4-15-5-7-3-8(11)9(14-2)13-12-7/h3,6H,4-5,10H2,1-2H3,(H2,11,12). The average Bonchev–Trinajstić information content (AvgIpc) is 2.17. The van der Waals surface area contributed by atoms with Crippen LogP contribution in [0.15, 0.2) is 6.07 Å². The molecule has 0 aliphatic rings. The van der Waals surface area contributed by atoms with Gasteiger partial charge in [0.05, 0.1) is 31.7 Å². The van der Waals surface area contributed by atoms with Crippen molar-refractivity contribution >= 4 is 5.69 Å². The van der Waals surface area contributed by atoms with E-state index in [-0.39, 0.29) is 6.04 Å². The molecule has 0 saturated carbocycles. The van der Waals surface area contributed by atoms with E-state index >= 15 is 0 Å². The summed E-state index contributed by atoms with van der Waals surface area (Å²) in [6.45, 7) is 2.70. The van der Waals surface area contributed by atoms with Gasteiger partial charge in [-0.3, -0.25) is 0 Å². The summed E-state index contributed by atoms with van der Waals surface area (Å²) in [6.07, 6.45) is 0. The first-order chi connectivity index (χ1) is 7.13. The molecule has 1 aromatic heterocycles. The van der Waals surface area contributed by atoms with Crippen LogP contribution in [-0.2, 0) is 11.3 Å². The lowest BCUT2D eigenvalue weighted by atomic mass is 10.3. The van der Waals surface area contributed by atoms with Crippen LogP contribution in [0.5, 0.6) is 5.88 Å². The minimum absolute atomic E-state index is 0.00792. The molecule has 0 aliphatic carbocycles. The molecule has 0 aromatic carbocycles. The van der Waals surface area contributed by atoms with Crippen molar-refractivity contribution in [3.05, 3.63) is 11.8 Å². The molecule has 84 valence electrons. The smallest absolute Gasteiger partial charge is 0.256 e. The highest BCUT2D eigenvalue weighted by Gasteiger charge is 2.04. The molecule has 6 nitrogen and oxygen atoms in total. The van der Waals surface area contributed by atoms with Gasteiger partial charge in [-0.1, -0.05) is 0 Å². The number of anilines is 1. The van der Waals surface area contributed by atoms with Gasteiger partial charge in [-0.05, 0) is 13.0 Å². The Morgan fingerprint density at radius 3 is 2.73 bits per heavy atom. The Kier molecular flexibility index (Phi) is 4.26. The number of nitrogen functional groups attached to an aromatic ring is 1. The second kappa shape index (κ2) is 5.47. The van der Waals surface area contributed by atoms with Crippen LogP contribution in [0.25, 0.3) is 0 Å². The van der Waals surface area contributed by atoms with E-state index in [4.69, 9.17) is 20.9 Å². The molecule has 0 aliphatic heterocycles. The fourth-order valence-electron chi connectivity index (χ4n) is 1.02. The summed E-state index contributed by atoms with van der Waals surface area (Å²) in [5.41, 5.74) is 12.3. The van der Waals surface area contributed by atoms with E-state index in [0.717, 1.165) is 0 Å². The van der Waals surface area contributed by atoms with E-state index in [1.165, 1.54) is 7.11 Å². The molecular weight excluding hydrogens is 196 g/mol. The van der Waals surface area contributed by atoms with Crippen molar-refractivity contribution in [1.29, 1.82) is 0 Å². The quantitative estimate of drug-likeness (QED) is 0.709. The molecule has 1 heterocycles. The van der Waals surface area contributed by atoms with Crippen molar-refractivity contribution in [1.82, 2.24) is 10.2 Å². The highest BCUT2D eigenvalue weighted by molar-refractivity contribution is 5.47. The van der Waals surface area contributed by atoms with Gasteiger partial charge in [-0.25, -0.2) is 0 Å². The van der Waals surface area contributed by atoms with Crippen LogP contribution in [0.3, 0.4) is 0 Å². The zero-order valence-electron chi connectivity index (χ0n) is 8.93. The summed E-state index contributed by atoms with van der Waals surface area (Å²) in [6, 6.07) is 1.68. The highest BCUT2D eigenvalue weighted by atomic mass is 16.5. The van der Waals surface area contributed by atoms with E-state index < -0.39 is 0 Å². The predicted molar refractivity (Wildman–Crippen MR) is 56.3 cm³/mol. The molecule has 4 N–H and O–H groups in total. The summed E-state index contributed by atoms with van der Waals surface area (Å²) >= 11 is 0. The maximum absolute atomic E-state index is 5.66. The number of nitrogens with two attached hydrogens (primary N) is 2. The SMILES string of the molecule is COc1nnc(COCC(C)N)cc1N. The number of nitrogens with zero attached hydrogens (tertiary/aromatic N) is 2. The molecule has 1 unspecified atom stereocenters. The lowest BCUT2D eigenvalue weighted by Crippen LogP contribution is -2.21. The Hall–Kier alpha value is -1.40. The summed E-state index contributed by atoms with van der Waals surface area (Å²) < 4.78 is 10.2. The van der Waals surface area contributed by atoms with Crippen LogP contribution in [0, 0.1) is 0 Å². The zero-order valence-corrected chi connectivity index (χ0v) is 8.93. The third kappa shape index (κ3) is 3.69. The van der Waals surface area contributed by atoms with E-state index in [1.807, 2.05) is 6.92 Å². The van der Waals surface area contributed by atoms with E-state index in [2.05, 4.69) is 10.2 Å². The van der Waals surface area contributed by atoms with E-state index in [0.29, 0.717) is 30.5 Å². The number of hydrogen-bond acceptors (Lipinski definition) is 6. The molecule has 0 radical (unpaired) electrons. The normalized spacial score (nSPS) is 12.5. The van der Waals surface area contributed by atoms with Crippen LogP contribution in [0.4, 0.5) is 5.69 Å². The fourth-order valence-corrected chi connectivity index (χ4v) is 1.02. The number of aromatic nitrogens is 2. The maximum atomic E-state index is 5.66. The Bertz CT molecular complexity index is 317. The Balaban J connectivity index is 2.52. The summed E-state index contributed by atoms with van der Waals surface area (Å²) in [4.78, 5) is 0. The van der Waals surface area contributed by atoms with Crippen molar-refractivity contribution in [3.8, 4) is 5.88 Å². The number of rotatable bonds is 5.